The number of piperidine rings is 1. The lowest BCUT2D eigenvalue weighted by Gasteiger charge is -2.39. The first kappa shape index (κ1) is 17.3. The molecule has 0 aromatic heterocycles. The number of hydrogen-bond acceptors (Lipinski definition) is 3. The number of urea groups is 1. The first-order valence-electron chi connectivity index (χ1n) is 7.36. The number of hydrogen-bond donors (Lipinski definition) is 3. The van der Waals surface area contributed by atoms with E-state index in [1.165, 1.54) is 0 Å². The van der Waals surface area contributed by atoms with Crippen LogP contribution in [0.15, 0.2) is 0 Å². The number of nitrogens with one attached hydrogen (secondary N) is 1. The van der Waals surface area contributed by atoms with E-state index >= 15 is 0 Å². The van der Waals surface area contributed by atoms with Gasteiger partial charge in [0.2, 0.25) is 0 Å². The van der Waals surface area contributed by atoms with Crippen molar-refractivity contribution in [1.29, 1.82) is 0 Å². The summed E-state index contributed by atoms with van der Waals surface area (Å²) < 4.78 is 0. The van der Waals surface area contributed by atoms with Crippen LogP contribution in [0.4, 0.5) is 4.79 Å². The van der Waals surface area contributed by atoms with Gasteiger partial charge >= 0.3 is 18.0 Å². The van der Waals surface area contributed by atoms with Gasteiger partial charge in [0, 0.05) is 18.5 Å². The molecule has 0 bridgehead atoms. The summed E-state index contributed by atoms with van der Waals surface area (Å²) in [5.41, 5.74) is 0. The molecule has 1 saturated heterocycles. The molecule has 2 amide bonds. The summed E-state index contributed by atoms with van der Waals surface area (Å²) in [6.45, 7) is 3.91. The molecule has 1 fully saturated rings. The molecule has 120 valence electrons. The zero-order valence-corrected chi connectivity index (χ0v) is 12.5. The standard InChI is InChI=1S/C14H24N2O5/c1-9-5-3-6-10(2)16(9)14(21)15-11(13(19)20)7-4-8-12(17)18/h9-11H,3-8H2,1-2H3,(H,15,21)(H,17,18)(H,19,20)/t9-,10+,11-/m1/s1. The minimum Gasteiger partial charge on any atom is -0.481 e. The van der Waals surface area contributed by atoms with E-state index in [1.54, 1.807) is 4.90 Å². The van der Waals surface area contributed by atoms with Gasteiger partial charge in [0.05, 0.1) is 0 Å². The van der Waals surface area contributed by atoms with Crippen molar-refractivity contribution in [2.24, 2.45) is 0 Å². The van der Waals surface area contributed by atoms with Crippen molar-refractivity contribution in [3.8, 4) is 0 Å². The van der Waals surface area contributed by atoms with Crippen molar-refractivity contribution in [2.75, 3.05) is 0 Å². The molecule has 1 aliphatic heterocycles. The lowest BCUT2D eigenvalue weighted by molar-refractivity contribution is -0.140. The second kappa shape index (κ2) is 7.85. The summed E-state index contributed by atoms with van der Waals surface area (Å²) in [4.78, 5) is 35.6. The Kier molecular flexibility index (Phi) is 6.45. The van der Waals surface area contributed by atoms with E-state index in [9.17, 15) is 14.4 Å². The molecule has 3 N–H and O–H groups in total. The second-order valence-electron chi connectivity index (χ2n) is 5.66. The predicted molar refractivity (Wildman–Crippen MR) is 76.1 cm³/mol. The van der Waals surface area contributed by atoms with Gasteiger partial charge in [0.25, 0.3) is 0 Å². The molecule has 0 radical (unpaired) electrons. The molecule has 7 heteroatoms. The number of carboxylic acids is 2. The Balaban J connectivity index is 2.58. The van der Waals surface area contributed by atoms with Crippen molar-refractivity contribution >= 4 is 18.0 Å². The molecule has 1 aliphatic rings. The Morgan fingerprint density at radius 3 is 2.24 bits per heavy atom. The quantitative estimate of drug-likeness (QED) is 0.691. The van der Waals surface area contributed by atoms with Gasteiger partial charge in [-0.25, -0.2) is 9.59 Å². The predicted octanol–water partition coefficient (Wildman–Crippen LogP) is 1.67. The Morgan fingerprint density at radius 2 is 1.76 bits per heavy atom. The van der Waals surface area contributed by atoms with E-state index in [0.29, 0.717) is 0 Å². The van der Waals surface area contributed by atoms with Crippen LogP contribution in [0.2, 0.25) is 0 Å². The van der Waals surface area contributed by atoms with E-state index in [0.717, 1.165) is 19.3 Å². The van der Waals surface area contributed by atoms with Gasteiger partial charge < -0.3 is 20.4 Å². The SMILES string of the molecule is C[C@@H]1CCC[C@H](C)N1C(=O)N[C@H](CCCC(=O)O)C(=O)O. The molecular formula is C14H24N2O5. The number of aliphatic carboxylic acids is 2. The van der Waals surface area contributed by atoms with Gasteiger partial charge in [-0.15, -0.1) is 0 Å². The van der Waals surface area contributed by atoms with E-state index in [-0.39, 0.29) is 37.4 Å². The van der Waals surface area contributed by atoms with E-state index < -0.39 is 18.0 Å². The highest BCUT2D eigenvalue weighted by Gasteiger charge is 2.31. The molecule has 1 heterocycles. The summed E-state index contributed by atoms with van der Waals surface area (Å²) in [5, 5.41) is 20.2. The molecule has 1 rings (SSSR count). The maximum Gasteiger partial charge on any atom is 0.326 e. The number of likely N-dealkylation sites (tertiary alicyclic amines) is 1. The zero-order valence-electron chi connectivity index (χ0n) is 12.5. The Hall–Kier alpha value is -1.79. The fraction of sp³-hybridized carbons (Fsp3) is 0.786. The third-order valence-electron chi connectivity index (χ3n) is 3.91. The topological polar surface area (TPSA) is 107 Å². The number of carbonyl (C=O) groups excluding carboxylic acids is 1. The van der Waals surface area contributed by atoms with Gasteiger partial charge in [-0.1, -0.05) is 0 Å². The molecule has 3 atom stereocenters. The number of nitrogens with zero attached hydrogens (tertiary/aromatic N) is 1. The molecular weight excluding hydrogens is 276 g/mol. The van der Waals surface area contributed by atoms with Gasteiger partial charge in [-0.3, -0.25) is 4.79 Å². The number of carbonyl (C=O) groups is 3. The Labute approximate surface area is 124 Å². The molecule has 0 spiro atoms. The molecule has 0 saturated carbocycles. The summed E-state index contributed by atoms with van der Waals surface area (Å²) in [6, 6.07) is -1.25. The Bertz CT molecular complexity index is 389. The summed E-state index contributed by atoms with van der Waals surface area (Å²) in [6.07, 6.45) is 3.12. The fourth-order valence-electron chi connectivity index (χ4n) is 2.76. The fourth-order valence-corrected chi connectivity index (χ4v) is 2.76. The normalized spacial score (nSPS) is 23.4. The monoisotopic (exact) mass is 300 g/mol. The van der Waals surface area contributed by atoms with Crippen LogP contribution in [-0.2, 0) is 9.59 Å². The number of rotatable bonds is 6. The van der Waals surface area contributed by atoms with E-state index in [4.69, 9.17) is 10.2 Å². The van der Waals surface area contributed by atoms with Crippen molar-refractivity contribution in [2.45, 2.75) is 70.5 Å². The van der Waals surface area contributed by atoms with Crippen LogP contribution in [0.3, 0.4) is 0 Å². The van der Waals surface area contributed by atoms with Gasteiger partial charge in [-0.05, 0) is 46.0 Å². The van der Waals surface area contributed by atoms with Crippen molar-refractivity contribution in [1.82, 2.24) is 10.2 Å². The number of amides is 2. The van der Waals surface area contributed by atoms with Crippen molar-refractivity contribution in [3.05, 3.63) is 0 Å². The summed E-state index contributed by atoms with van der Waals surface area (Å²) in [5.74, 6) is -2.10. The summed E-state index contributed by atoms with van der Waals surface area (Å²) in [7, 11) is 0. The molecule has 0 aromatic rings. The highest BCUT2D eigenvalue weighted by atomic mass is 16.4. The number of carboxylic acid groups (broad SMARTS) is 2. The largest absolute Gasteiger partial charge is 0.481 e. The highest BCUT2D eigenvalue weighted by molar-refractivity contribution is 5.83. The average molecular weight is 300 g/mol. The maximum absolute atomic E-state index is 12.3. The van der Waals surface area contributed by atoms with Crippen LogP contribution in [0.25, 0.3) is 0 Å². The average Bonchev–Trinajstić information content (AvgIpc) is 2.36. The molecule has 7 nitrogen and oxygen atoms in total. The molecule has 21 heavy (non-hydrogen) atoms. The van der Waals surface area contributed by atoms with Gasteiger partial charge in [0.1, 0.15) is 6.04 Å². The van der Waals surface area contributed by atoms with Crippen molar-refractivity contribution in [3.63, 3.8) is 0 Å². The van der Waals surface area contributed by atoms with E-state index in [2.05, 4.69) is 5.32 Å². The minimum absolute atomic E-state index is 0.0854. The van der Waals surface area contributed by atoms with Crippen LogP contribution >= 0.6 is 0 Å². The Morgan fingerprint density at radius 1 is 1.19 bits per heavy atom. The zero-order chi connectivity index (χ0) is 16.0. The summed E-state index contributed by atoms with van der Waals surface area (Å²) >= 11 is 0. The van der Waals surface area contributed by atoms with E-state index in [1.807, 2.05) is 13.8 Å². The van der Waals surface area contributed by atoms with Crippen LogP contribution < -0.4 is 5.32 Å². The van der Waals surface area contributed by atoms with Gasteiger partial charge in [-0.2, -0.15) is 0 Å². The second-order valence-corrected chi connectivity index (χ2v) is 5.66. The minimum atomic E-state index is -1.13. The lowest BCUT2D eigenvalue weighted by atomic mass is 9.98. The maximum atomic E-state index is 12.3. The van der Waals surface area contributed by atoms with Crippen LogP contribution in [0, 0.1) is 0 Å². The van der Waals surface area contributed by atoms with Crippen LogP contribution in [0.5, 0.6) is 0 Å². The van der Waals surface area contributed by atoms with Crippen LogP contribution in [0.1, 0.15) is 52.4 Å². The first-order chi connectivity index (χ1) is 9.82. The third kappa shape index (κ3) is 5.24. The third-order valence-corrected chi connectivity index (χ3v) is 3.91. The molecule has 0 aromatic carbocycles. The molecule has 0 unspecified atom stereocenters. The van der Waals surface area contributed by atoms with Gasteiger partial charge in [0.15, 0.2) is 0 Å². The molecule has 0 aliphatic carbocycles. The lowest BCUT2D eigenvalue weighted by Crippen LogP contribution is -2.55. The van der Waals surface area contributed by atoms with Crippen molar-refractivity contribution < 1.29 is 24.6 Å². The smallest absolute Gasteiger partial charge is 0.326 e. The first-order valence-corrected chi connectivity index (χ1v) is 7.36. The van der Waals surface area contributed by atoms with Crippen LogP contribution in [-0.4, -0.2) is 51.2 Å². The highest BCUT2D eigenvalue weighted by Crippen LogP contribution is 2.22.